The Morgan fingerprint density at radius 2 is 1.78 bits per heavy atom. The number of amides is 2. The molecule has 46 heavy (non-hydrogen) atoms. The average Bonchev–Trinajstić information content (AvgIpc) is 3.35. The Balaban J connectivity index is 1.58. The average molecular weight is 669 g/mol. The number of rotatable bonds is 7. The quantitative estimate of drug-likeness (QED) is 0.228. The highest BCUT2D eigenvalue weighted by Crippen LogP contribution is 2.48. The van der Waals surface area contributed by atoms with Crippen LogP contribution in [-0.2, 0) is 22.0 Å². The number of aliphatic hydroxyl groups is 1. The fourth-order valence-electron chi connectivity index (χ4n) is 4.91. The highest BCUT2D eigenvalue weighted by atomic mass is 35.5. The van der Waals surface area contributed by atoms with Crippen LogP contribution in [0.3, 0.4) is 0 Å². The van der Waals surface area contributed by atoms with Crippen LogP contribution in [0.2, 0.25) is 5.02 Å². The Kier molecular flexibility index (Phi) is 8.06. The first-order valence-corrected chi connectivity index (χ1v) is 13.6. The summed E-state index contributed by atoms with van der Waals surface area (Å²) in [6.07, 6.45) is -9.64. The molecule has 2 aromatic carbocycles. The number of fused-ring (bicyclic) bond motifs is 2. The summed E-state index contributed by atoms with van der Waals surface area (Å²) in [5.74, 6) is -2.26. The van der Waals surface area contributed by atoms with Crippen molar-refractivity contribution < 1.29 is 50.5 Å². The molecule has 2 atom stereocenters. The lowest BCUT2D eigenvalue weighted by molar-refractivity contribution is -0.265. The number of hydrogen-bond donors (Lipinski definition) is 3. The van der Waals surface area contributed by atoms with Crippen molar-refractivity contribution in [3.8, 4) is 22.8 Å². The minimum absolute atomic E-state index is 0.0315. The number of halogens is 7. The van der Waals surface area contributed by atoms with Crippen molar-refractivity contribution in [1.82, 2.24) is 15.3 Å². The monoisotopic (exact) mass is 668 g/mol. The van der Waals surface area contributed by atoms with E-state index in [0.29, 0.717) is 17.3 Å². The van der Waals surface area contributed by atoms with Gasteiger partial charge in [-0.2, -0.15) is 26.3 Å². The van der Waals surface area contributed by atoms with Crippen LogP contribution in [0, 0.1) is 0 Å². The van der Waals surface area contributed by atoms with E-state index in [-0.39, 0.29) is 51.4 Å². The maximum atomic E-state index is 14.7. The number of methoxy groups -OCH3 is 1. The number of aromatic nitrogens is 2. The summed E-state index contributed by atoms with van der Waals surface area (Å²) in [6, 6.07) is 9.39. The summed E-state index contributed by atoms with van der Waals surface area (Å²) in [5, 5.41) is 13.4. The lowest BCUT2D eigenvalue weighted by atomic mass is 9.81. The van der Waals surface area contributed by atoms with Crippen LogP contribution >= 0.6 is 11.6 Å². The van der Waals surface area contributed by atoms with Crippen LogP contribution in [0.5, 0.6) is 11.5 Å². The number of nitrogens with zero attached hydrogens (tertiary/aromatic N) is 2. The molecule has 5 rings (SSSR count). The number of ether oxygens (including phenoxy) is 2. The molecule has 0 saturated carbocycles. The highest BCUT2D eigenvalue weighted by molar-refractivity contribution is 6.30. The van der Waals surface area contributed by atoms with Gasteiger partial charge in [-0.15, -0.1) is 0 Å². The van der Waals surface area contributed by atoms with Gasteiger partial charge in [-0.1, -0.05) is 23.7 Å². The zero-order chi connectivity index (χ0) is 33.8. The van der Waals surface area contributed by atoms with Gasteiger partial charge in [-0.25, -0.2) is 4.98 Å². The molecule has 0 unspecified atom stereocenters. The Morgan fingerprint density at radius 1 is 1.11 bits per heavy atom. The topological polar surface area (TPSA) is 137 Å². The van der Waals surface area contributed by atoms with Crippen LogP contribution in [0.4, 0.5) is 26.3 Å². The highest BCUT2D eigenvalue weighted by Gasteiger charge is 2.57. The van der Waals surface area contributed by atoms with Crippen LogP contribution < -0.4 is 20.5 Å². The minimum atomic E-state index is -5.45. The Hall–Kier alpha value is -4.63. The number of nitrogens with two attached hydrogens (primary N) is 1. The first-order chi connectivity index (χ1) is 21.4. The normalized spacial score (nSPS) is 17.6. The van der Waals surface area contributed by atoms with Gasteiger partial charge in [0.25, 0.3) is 5.91 Å². The molecule has 0 aliphatic carbocycles. The Bertz CT molecular complexity index is 1870. The van der Waals surface area contributed by atoms with Gasteiger partial charge >= 0.3 is 12.4 Å². The number of primary amides is 1. The van der Waals surface area contributed by atoms with Crippen molar-refractivity contribution in [3.63, 3.8) is 0 Å². The largest absolute Gasteiger partial charge is 0.494 e. The summed E-state index contributed by atoms with van der Waals surface area (Å²) in [6.45, 7) is -0.451. The molecule has 0 saturated heterocycles. The van der Waals surface area contributed by atoms with Gasteiger partial charge in [0.1, 0.15) is 34.7 Å². The van der Waals surface area contributed by atoms with Crippen molar-refractivity contribution >= 4 is 34.3 Å². The second-order valence-corrected chi connectivity index (χ2v) is 11.2. The van der Waals surface area contributed by atoms with Crippen LogP contribution in [-0.4, -0.2) is 53.3 Å². The fraction of sp³-hybridized carbons (Fsp3) is 0.267. The van der Waals surface area contributed by atoms with Gasteiger partial charge in [-0.3, -0.25) is 14.6 Å². The van der Waals surface area contributed by atoms with E-state index >= 15 is 0 Å². The second-order valence-electron chi connectivity index (χ2n) is 10.7. The van der Waals surface area contributed by atoms with Gasteiger partial charge in [0.2, 0.25) is 11.5 Å². The van der Waals surface area contributed by atoms with Gasteiger partial charge in [-0.05, 0) is 43.3 Å². The van der Waals surface area contributed by atoms with E-state index in [1.807, 2.05) is 5.32 Å². The molecule has 3 heterocycles. The zero-order valence-corrected chi connectivity index (χ0v) is 24.6. The van der Waals surface area contributed by atoms with Gasteiger partial charge in [0.05, 0.1) is 24.9 Å². The van der Waals surface area contributed by atoms with Crippen molar-refractivity contribution in [2.75, 3.05) is 20.3 Å². The fourth-order valence-corrected chi connectivity index (χ4v) is 5.03. The van der Waals surface area contributed by atoms with E-state index in [9.17, 15) is 41.0 Å². The van der Waals surface area contributed by atoms with E-state index < -0.39 is 53.0 Å². The molecule has 0 bridgehead atoms. The lowest BCUT2D eigenvalue weighted by Gasteiger charge is -2.31. The summed E-state index contributed by atoms with van der Waals surface area (Å²) >= 11 is 5.96. The van der Waals surface area contributed by atoms with E-state index in [4.69, 9.17) is 26.8 Å². The summed E-state index contributed by atoms with van der Waals surface area (Å²) < 4.78 is 94.8. The van der Waals surface area contributed by atoms with Crippen molar-refractivity contribution in [3.05, 3.63) is 82.1 Å². The predicted molar refractivity (Wildman–Crippen MR) is 152 cm³/mol. The third-order valence-corrected chi connectivity index (χ3v) is 7.94. The number of carbonyl (C=O) groups is 2. The number of pyridine rings is 2. The first-order valence-electron chi connectivity index (χ1n) is 13.3. The maximum absolute atomic E-state index is 14.7. The number of alkyl halides is 6. The van der Waals surface area contributed by atoms with E-state index in [1.165, 1.54) is 38.3 Å². The molecule has 1 aliphatic heterocycles. The number of benzene rings is 2. The summed E-state index contributed by atoms with van der Waals surface area (Å²) in [4.78, 5) is 33.4. The second kappa shape index (κ2) is 11.3. The summed E-state index contributed by atoms with van der Waals surface area (Å²) in [7, 11) is 1.17. The van der Waals surface area contributed by atoms with Crippen molar-refractivity contribution in [2.45, 2.75) is 30.3 Å². The van der Waals surface area contributed by atoms with E-state index in [1.54, 1.807) is 0 Å². The summed E-state index contributed by atoms with van der Waals surface area (Å²) in [5.41, 5.74) is -2.38. The molecule has 0 radical (unpaired) electrons. The molecule has 242 valence electrons. The van der Waals surface area contributed by atoms with Crippen LogP contribution in [0.25, 0.3) is 22.2 Å². The number of nitrogens with one attached hydrogen (secondary N) is 1. The third-order valence-electron chi connectivity index (χ3n) is 7.69. The Labute approximate surface area is 261 Å². The molecular formula is C30H23ClF6N4O5. The van der Waals surface area contributed by atoms with Gasteiger partial charge in [0, 0.05) is 33.3 Å². The van der Waals surface area contributed by atoms with E-state index in [0.717, 1.165) is 18.2 Å². The standard InChI is InChI=1S/C30H23ClF6N4O5/c1-27(26(38)43)13-46-24-19(27)10-21(41-23(24)14-3-5-18(31)6-4-14)28(44,30(35,36)37)12-40-25(42)16-7-15-8-17(29(32,33)34)11-39-22(15)20(9-16)45-2/h3-11,44H,12-13H2,1-2H3,(H2,38,43)(H,40,42)/t27-,28-/m0/s1. The number of hydrogen-bond acceptors (Lipinski definition) is 7. The molecule has 2 amide bonds. The maximum Gasteiger partial charge on any atom is 0.424 e. The number of carbonyl (C=O) groups excluding carboxylic acids is 2. The molecular weight excluding hydrogens is 646 g/mol. The van der Waals surface area contributed by atoms with Crippen LogP contribution in [0.15, 0.2) is 54.7 Å². The van der Waals surface area contributed by atoms with Gasteiger partial charge < -0.3 is 25.6 Å². The molecule has 9 nitrogen and oxygen atoms in total. The molecule has 2 aromatic heterocycles. The predicted octanol–water partition coefficient (Wildman–Crippen LogP) is 5.29. The molecule has 4 N–H and O–H groups in total. The first kappa shape index (κ1) is 32.8. The molecule has 4 aromatic rings. The molecule has 16 heteroatoms. The minimum Gasteiger partial charge on any atom is -0.494 e. The van der Waals surface area contributed by atoms with E-state index in [2.05, 4.69) is 9.97 Å². The SMILES string of the molecule is COc1cc(C(=O)NC[C@](O)(c2cc3c(c(-c4ccc(Cl)cc4)n2)OC[C@]3(C)C(N)=O)C(F)(F)F)cc2cc(C(F)(F)F)cnc12. The van der Waals surface area contributed by atoms with Crippen molar-refractivity contribution in [2.24, 2.45) is 5.73 Å². The van der Waals surface area contributed by atoms with Crippen LogP contribution in [0.1, 0.15) is 34.1 Å². The zero-order valence-electron chi connectivity index (χ0n) is 23.8. The molecule has 1 aliphatic rings. The molecule has 0 spiro atoms. The molecule has 0 fully saturated rings. The Morgan fingerprint density at radius 3 is 2.37 bits per heavy atom. The smallest absolute Gasteiger partial charge is 0.424 e. The van der Waals surface area contributed by atoms with Crippen molar-refractivity contribution in [1.29, 1.82) is 0 Å². The lowest BCUT2D eigenvalue weighted by Crippen LogP contribution is -2.51. The van der Waals surface area contributed by atoms with Gasteiger partial charge in [0.15, 0.2) is 0 Å². The third kappa shape index (κ3) is 5.64.